The SMILES string of the molecule is CCC(C)(CC(C)C(=O)OCC(F)(F)C(F)(F)C(F)(F)C(F)(F)C(F)(F)C(F)(F)F)C(=O)OC.CCC(C)(C[Si](C)(C)OC)C(=O)OC.CCC(CC(C)C(=O)OCC(F)(F)C(F)(F)C(F)(F)C(F)(F)C(F)(F)C(F)(F)C(F)(F)F)C(=O)OC.CCC(CC(C)C(=O)OCC(F)(F)C(F)(F)C(F)(F)C(F)(F)C(F)(F)C(F)(F)C(F)(F)F)c1ccccc1. The second kappa shape index (κ2) is 40.5. The van der Waals surface area contributed by atoms with Crippen molar-refractivity contribution in [2.24, 2.45) is 34.5 Å². The molecule has 0 aliphatic carbocycles. The topological polar surface area (TPSA) is 167 Å². The van der Waals surface area contributed by atoms with E-state index in [1.165, 1.54) is 27.9 Å². The van der Waals surface area contributed by atoms with Gasteiger partial charge in [-0.05, 0) is 89.4 Å². The second-order valence-corrected chi connectivity index (χ2v) is 32.2. The minimum Gasteiger partial charge on any atom is -0.469 e. The van der Waals surface area contributed by atoms with E-state index in [9.17, 15) is 218 Å². The second-order valence-electron chi connectivity index (χ2n) is 27.9. The summed E-state index contributed by atoms with van der Waals surface area (Å²) in [6.07, 6.45) is -23.0. The summed E-state index contributed by atoms with van der Waals surface area (Å²) in [5, 5.41) is 0. The van der Waals surface area contributed by atoms with Gasteiger partial charge in [0.05, 0.1) is 55.8 Å². The van der Waals surface area contributed by atoms with Crippen LogP contribution in [0.3, 0.4) is 0 Å². The Morgan fingerprint density at radius 2 is 0.582 bits per heavy atom. The summed E-state index contributed by atoms with van der Waals surface area (Å²) in [4.78, 5) is 70.2. The van der Waals surface area contributed by atoms with Gasteiger partial charge in [0, 0.05) is 7.11 Å². The van der Waals surface area contributed by atoms with Gasteiger partial charge in [0.2, 0.25) is 0 Å². The highest BCUT2D eigenvalue weighted by Crippen LogP contribution is 2.66. The van der Waals surface area contributed by atoms with Gasteiger partial charge in [0.15, 0.2) is 28.1 Å². The minimum absolute atomic E-state index is 0.000244. The lowest BCUT2D eigenvalue weighted by atomic mass is 9.79. The molecule has 0 heterocycles. The Kier molecular flexibility index (Phi) is 39.6. The van der Waals surface area contributed by atoms with E-state index in [1.807, 2.05) is 13.8 Å². The summed E-state index contributed by atoms with van der Waals surface area (Å²) in [7, 11) is 3.33. The van der Waals surface area contributed by atoms with Crippen molar-refractivity contribution in [3.8, 4) is 0 Å². The van der Waals surface area contributed by atoms with E-state index in [0.29, 0.717) is 12.0 Å². The first-order chi connectivity index (χ1) is 53.7. The minimum atomic E-state index is -8.42. The Labute approximate surface area is 663 Å². The third kappa shape index (κ3) is 24.3. The molecule has 57 heteroatoms. The fraction of sp³-hybridized carbons (Fsp3) is 0.815. The summed E-state index contributed by atoms with van der Waals surface area (Å²) in [5.41, 5.74) is -1.18. The first-order valence-corrected chi connectivity index (χ1v) is 36.7. The molecule has 0 bridgehead atoms. The van der Waals surface area contributed by atoms with Crippen molar-refractivity contribution in [1.29, 1.82) is 0 Å². The highest BCUT2D eigenvalue weighted by molar-refractivity contribution is 6.71. The van der Waals surface area contributed by atoms with Crippen molar-refractivity contribution in [3.63, 3.8) is 0 Å². The number of carbonyl (C=O) groups is 6. The lowest BCUT2D eigenvalue weighted by Gasteiger charge is -2.41. The van der Waals surface area contributed by atoms with Crippen LogP contribution in [0, 0.1) is 34.5 Å². The van der Waals surface area contributed by atoms with Gasteiger partial charge in [-0.1, -0.05) is 78.8 Å². The van der Waals surface area contributed by atoms with Gasteiger partial charge in [0.25, 0.3) is 0 Å². The predicted octanol–water partition coefficient (Wildman–Crippen LogP) is 22.6. The van der Waals surface area contributed by atoms with Gasteiger partial charge < -0.3 is 32.8 Å². The number of benzene rings is 1. The fourth-order valence-electron chi connectivity index (χ4n) is 9.87. The number of esters is 6. The van der Waals surface area contributed by atoms with Crippen LogP contribution in [0.5, 0.6) is 0 Å². The number of rotatable bonds is 40. The molecule has 7 unspecified atom stereocenters. The maximum atomic E-state index is 13.9. The number of methoxy groups -OCH3 is 3. The number of halogens is 43. The van der Waals surface area contributed by atoms with Gasteiger partial charge in [0.1, 0.15) is 0 Å². The molecule has 0 aliphatic rings. The van der Waals surface area contributed by atoms with Crippen LogP contribution >= 0.6 is 0 Å². The quantitative estimate of drug-likeness (QED) is 0.0264. The molecule has 720 valence electrons. The van der Waals surface area contributed by atoms with Gasteiger partial charge in [-0.2, -0.15) is 189 Å². The van der Waals surface area contributed by atoms with Crippen LogP contribution in [0.15, 0.2) is 30.3 Å². The van der Waals surface area contributed by atoms with Crippen molar-refractivity contribution in [2.75, 3.05) is 48.3 Å². The van der Waals surface area contributed by atoms with Crippen LogP contribution in [0.25, 0.3) is 0 Å². The molecule has 7 atom stereocenters. The van der Waals surface area contributed by atoms with Crippen LogP contribution in [0.1, 0.15) is 119 Å². The first kappa shape index (κ1) is 119. The molecular formula is C65H77F43O13Si. The Morgan fingerprint density at radius 3 is 0.820 bits per heavy atom. The van der Waals surface area contributed by atoms with E-state index in [-0.39, 0.29) is 30.6 Å². The molecule has 0 aromatic heterocycles. The zero-order valence-corrected chi connectivity index (χ0v) is 66.1. The molecule has 0 saturated heterocycles. The van der Waals surface area contributed by atoms with E-state index in [0.717, 1.165) is 47.5 Å². The Balaban J connectivity index is -0.00000161. The number of carbonyl (C=O) groups excluding carboxylic acids is 6. The smallest absolute Gasteiger partial charge is 0.460 e. The lowest BCUT2D eigenvalue weighted by molar-refractivity contribution is -0.453. The zero-order chi connectivity index (χ0) is 98.7. The third-order valence-corrected chi connectivity index (χ3v) is 21.0. The lowest BCUT2D eigenvalue weighted by Crippen LogP contribution is -2.73. The molecule has 0 spiro atoms. The monoisotopic (exact) mass is 1910 g/mol. The average molecular weight is 1910 g/mol. The highest BCUT2D eigenvalue weighted by atomic mass is 28.4. The summed E-state index contributed by atoms with van der Waals surface area (Å²) in [5.74, 6) is -146. The van der Waals surface area contributed by atoms with Crippen molar-refractivity contribution >= 4 is 44.1 Å². The maximum Gasteiger partial charge on any atom is 0.460 e. The van der Waals surface area contributed by atoms with Crippen LogP contribution in [0.2, 0.25) is 19.1 Å². The van der Waals surface area contributed by atoms with Crippen LogP contribution in [-0.2, 0) is 61.6 Å². The number of ether oxygens (including phenoxy) is 6. The van der Waals surface area contributed by atoms with Gasteiger partial charge in [-0.3, -0.25) is 28.8 Å². The largest absolute Gasteiger partial charge is 0.469 e. The molecule has 122 heavy (non-hydrogen) atoms. The Hall–Kier alpha value is -6.79. The summed E-state index contributed by atoms with van der Waals surface area (Å²) >= 11 is 0. The summed E-state index contributed by atoms with van der Waals surface area (Å²) in [6, 6.07) is 8.87. The molecule has 0 saturated carbocycles. The Morgan fingerprint density at radius 1 is 0.328 bits per heavy atom. The van der Waals surface area contributed by atoms with Crippen molar-refractivity contribution in [1.82, 2.24) is 0 Å². The Bertz CT molecular complexity index is 3550. The molecule has 0 fully saturated rings. The van der Waals surface area contributed by atoms with Gasteiger partial charge >= 0.3 is 155 Å². The molecule has 13 nitrogen and oxygen atoms in total. The maximum absolute atomic E-state index is 13.9. The summed E-state index contributed by atoms with van der Waals surface area (Å²) in [6.45, 7) is 7.27. The molecule has 0 radical (unpaired) electrons. The van der Waals surface area contributed by atoms with Crippen molar-refractivity contribution in [2.45, 2.75) is 252 Å². The number of hydrogen-bond acceptors (Lipinski definition) is 13. The van der Waals surface area contributed by atoms with Crippen molar-refractivity contribution in [3.05, 3.63) is 35.9 Å². The van der Waals surface area contributed by atoms with Gasteiger partial charge in [-0.25, -0.2) is 0 Å². The zero-order valence-electron chi connectivity index (χ0n) is 65.1. The third-order valence-electron chi connectivity index (χ3n) is 18.3. The first-order valence-electron chi connectivity index (χ1n) is 33.6. The summed E-state index contributed by atoms with van der Waals surface area (Å²) < 4.78 is 594. The average Bonchev–Trinajstić information content (AvgIpc) is 0.394. The molecule has 1 rings (SSSR count). The van der Waals surface area contributed by atoms with E-state index in [2.05, 4.69) is 36.8 Å². The predicted molar refractivity (Wildman–Crippen MR) is 332 cm³/mol. The normalized spacial score (nSPS) is 16.5. The highest BCUT2D eigenvalue weighted by Gasteiger charge is 2.96. The molecular weight excluding hydrogens is 1830 g/mol. The van der Waals surface area contributed by atoms with E-state index in [4.69, 9.17) is 9.16 Å². The molecule has 1 aromatic rings. The number of alkyl halides is 43. The van der Waals surface area contributed by atoms with E-state index in [1.54, 1.807) is 44.4 Å². The fourth-order valence-corrected chi connectivity index (χ4v) is 12.3. The molecule has 0 N–H and O–H groups in total. The van der Waals surface area contributed by atoms with Crippen LogP contribution in [0.4, 0.5) is 189 Å². The van der Waals surface area contributed by atoms with Gasteiger partial charge in [-0.15, -0.1) is 0 Å². The van der Waals surface area contributed by atoms with Crippen LogP contribution in [-0.4, -0.2) is 212 Å². The molecule has 0 amide bonds. The van der Waals surface area contributed by atoms with Crippen molar-refractivity contribution < 1.29 is 250 Å². The molecule has 1 aromatic carbocycles. The van der Waals surface area contributed by atoms with E-state index < -0.39 is 225 Å². The van der Waals surface area contributed by atoms with E-state index >= 15 is 0 Å². The van der Waals surface area contributed by atoms with Crippen LogP contribution < -0.4 is 0 Å². The molecule has 0 aliphatic heterocycles. The standard InChI is InChI=1S/C21H19F15O2.C17H17F15O4.C17H19F13O4.C10H22O3Si/c1-3-12(13-7-5-4-6-8-13)9-11(2)14(37)38-10-15(22,23)16(24,25)17(26,27)18(28,29)19(30,31)20(32,33)21(34,35)36;1-4-8(10(34)35-3)5-7(2)9(33)36-6-11(18,19)12(20,21)13(22,23)14(24,25)15(26,27)16(28,29)17(30,31)32;1-5-11(3,10(32)33-4)6-8(2)9(31)34-7-12(18,19)13(20,21)14(22,23)15(24,25)16(26,27)17(28,29)30;1-7-10(2,9(11)12-3)8-14(5,6)13-4/h4-8,11-12H,3,9-10H2,1-2H3;7-8H,4-6H2,1-3H3;8H,5-7H2,1-4H3;7-8H2,1-6H3. The number of hydrogen-bond donors (Lipinski definition) is 0.